The minimum Gasteiger partial charge on any atom is -0.496 e. The summed E-state index contributed by atoms with van der Waals surface area (Å²) in [6, 6.07) is 8.94. The van der Waals surface area contributed by atoms with Crippen molar-refractivity contribution in [2.24, 2.45) is 0 Å². The molecule has 0 aromatic heterocycles. The zero-order valence-corrected chi connectivity index (χ0v) is 13.5. The number of rotatable bonds is 11. The van der Waals surface area contributed by atoms with Gasteiger partial charge in [-0.1, -0.05) is 64.2 Å². The van der Waals surface area contributed by atoms with E-state index in [9.17, 15) is 0 Å². The zero-order valence-electron chi connectivity index (χ0n) is 13.5. The first-order valence-electron chi connectivity index (χ1n) is 8.17. The fourth-order valence-corrected chi connectivity index (χ4v) is 2.70. The van der Waals surface area contributed by atoms with Gasteiger partial charge in [0.2, 0.25) is 0 Å². The van der Waals surface area contributed by atoms with E-state index in [-0.39, 0.29) is 0 Å². The van der Waals surface area contributed by atoms with Gasteiger partial charge in [-0.05, 0) is 31.0 Å². The lowest BCUT2D eigenvalue weighted by atomic mass is 9.99. The molecule has 0 radical (unpaired) electrons. The lowest BCUT2D eigenvalue weighted by Gasteiger charge is -2.19. The molecule has 1 rings (SSSR count). The van der Waals surface area contributed by atoms with Gasteiger partial charge in [0.05, 0.1) is 7.11 Å². The molecule has 1 aromatic carbocycles. The van der Waals surface area contributed by atoms with Crippen LogP contribution in [-0.4, -0.2) is 19.7 Å². The van der Waals surface area contributed by atoms with Crippen molar-refractivity contribution in [1.82, 2.24) is 5.32 Å². The Balaban J connectivity index is 2.45. The van der Waals surface area contributed by atoms with Crippen molar-refractivity contribution >= 4 is 0 Å². The van der Waals surface area contributed by atoms with Gasteiger partial charge in [0.1, 0.15) is 5.75 Å². The molecule has 114 valence electrons. The molecule has 1 atom stereocenters. The Morgan fingerprint density at radius 1 is 1.05 bits per heavy atom. The summed E-state index contributed by atoms with van der Waals surface area (Å²) in [5.41, 5.74) is 1.31. The fraction of sp³-hybridized carbons (Fsp3) is 0.667. The maximum absolute atomic E-state index is 5.45. The highest BCUT2D eigenvalue weighted by molar-refractivity contribution is 5.33. The van der Waals surface area contributed by atoms with Crippen molar-refractivity contribution in [3.8, 4) is 5.75 Å². The maximum atomic E-state index is 5.45. The fourth-order valence-electron chi connectivity index (χ4n) is 2.70. The van der Waals surface area contributed by atoms with Gasteiger partial charge in [-0.3, -0.25) is 0 Å². The van der Waals surface area contributed by atoms with Gasteiger partial charge in [-0.2, -0.15) is 0 Å². The molecular formula is C18H31NO. The van der Waals surface area contributed by atoms with E-state index >= 15 is 0 Å². The van der Waals surface area contributed by atoms with E-state index in [0.29, 0.717) is 6.04 Å². The number of para-hydroxylation sites is 1. The van der Waals surface area contributed by atoms with E-state index in [4.69, 9.17) is 4.74 Å². The zero-order chi connectivity index (χ0) is 14.6. The Labute approximate surface area is 124 Å². The molecule has 0 saturated carbocycles. The minimum absolute atomic E-state index is 0.568. The van der Waals surface area contributed by atoms with Crippen LogP contribution in [0.4, 0.5) is 0 Å². The molecule has 20 heavy (non-hydrogen) atoms. The predicted octanol–water partition coefficient (Wildman–Crippen LogP) is 4.58. The number of benzene rings is 1. The second-order valence-electron chi connectivity index (χ2n) is 5.47. The van der Waals surface area contributed by atoms with Crippen LogP contribution < -0.4 is 10.1 Å². The van der Waals surface area contributed by atoms with Gasteiger partial charge < -0.3 is 10.1 Å². The van der Waals surface area contributed by atoms with Crippen LogP contribution in [0.5, 0.6) is 5.75 Å². The average Bonchev–Trinajstić information content (AvgIpc) is 2.47. The highest BCUT2D eigenvalue weighted by Crippen LogP contribution is 2.20. The molecule has 2 nitrogen and oxygen atoms in total. The molecule has 1 unspecified atom stereocenters. The van der Waals surface area contributed by atoms with E-state index in [1.54, 1.807) is 7.11 Å². The first-order valence-corrected chi connectivity index (χ1v) is 8.17. The van der Waals surface area contributed by atoms with Crippen molar-refractivity contribution < 1.29 is 4.74 Å². The third-order valence-corrected chi connectivity index (χ3v) is 3.81. The molecule has 1 N–H and O–H groups in total. The molecule has 1 aromatic rings. The molecular weight excluding hydrogens is 246 g/mol. The number of unbranched alkanes of at least 4 members (excludes halogenated alkanes) is 4. The summed E-state index contributed by atoms with van der Waals surface area (Å²) in [5.74, 6) is 1.02. The number of hydrogen-bond donors (Lipinski definition) is 1. The van der Waals surface area contributed by atoms with Gasteiger partial charge in [0.15, 0.2) is 0 Å². The van der Waals surface area contributed by atoms with Crippen LogP contribution in [0.15, 0.2) is 24.3 Å². The van der Waals surface area contributed by atoms with Crippen LogP contribution in [0, 0.1) is 0 Å². The van der Waals surface area contributed by atoms with Crippen LogP contribution in [0.2, 0.25) is 0 Å². The van der Waals surface area contributed by atoms with Crippen molar-refractivity contribution in [1.29, 1.82) is 0 Å². The van der Waals surface area contributed by atoms with Gasteiger partial charge in [0, 0.05) is 6.04 Å². The van der Waals surface area contributed by atoms with Gasteiger partial charge in [0.25, 0.3) is 0 Å². The minimum atomic E-state index is 0.568. The number of likely N-dealkylation sites (N-methyl/N-ethyl adjacent to an activating group) is 1. The van der Waals surface area contributed by atoms with Crippen LogP contribution >= 0.6 is 0 Å². The third-order valence-electron chi connectivity index (χ3n) is 3.81. The number of nitrogens with one attached hydrogen (secondary N) is 1. The second-order valence-corrected chi connectivity index (χ2v) is 5.47. The van der Waals surface area contributed by atoms with Gasteiger partial charge in [-0.25, -0.2) is 0 Å². The van der Waals surface area contributed by atoms with Crippen LogP contribution in [0.1, 0.15) is 57.9 Å². The van der Waals surface area contributed by atoms with E-state index in [0.717, 1.165) is 18.7 Å². The first-order chi connectivity index (χ1) is 9.81. The van der Waals surface area contributed by atoms with E-state index in [1.165, 1.54) is 44.1 Å². The van der Waals surface area contributed by atoms with E-state index in [2.05, 4.69) is 37.4 Å². The summed E-state index contributed by atoms with van der Waals surface area (Å²) in [6.45, 7) is 5.49. The van der Waals surface area contributed by atoms with Crippen molar-refractivity contribution in [2.75, 3.05) is 13.7 Å². The molecule has 0 saturated heterocycles. The lowest BCUT2D eigenvalue weighted by molar-refractivity contribution is 0.401. The monoisotopic (exact) mass is 277 g/mol. The van der Waals surface area contributed by atoms with Crippen molar-refractivity contribution in [3.05, 3.63) is 29.8 Å². The molecule has 0 heterocycles. The first kappa shape index (κ1) is 17.0. The summed E-state index contributed by atoms with van der Waals surface area (Å²) >= 11 is 0. The molecule has 0 amide bonds. The quantitative estimate of drug-likeness (QED) is 0.598. The summed E-state index contributed by atoms with van der Waals surface area (Å²) in [7, 11) is 1.76. The SMILES string of the molecule is CCCCCCCC(Cc1ccccc1OC)NCC. The van der Waals surface area contributed by atoms with Gasteiger partial charge >= 0.3 is 0 Å². The lowest BCUT2D eigenvalue weighted by Crippen LogP contribution is -2.31. The summed E-state index contributed by atoms with van der Waals surface area (Å²) in [6.07, 6.45) is 9.08. The summed E-state index contributed by atoms with van der Waals surface area (Å²) < 4.78 is 5.45. The number of ether oxygens (including phenoxy) is 1. The molecule has 0 aliphatic heterocycles. The predicted molar refractivity (Wildman–Crippen MR) is 87.5 cm³/mol. The molecule has 0 bridgehead atoms. The second kappa shape index (κ2) is 10.7. The average molecular weight is 277 g/mol. The summed E-state index contributed by atoms with van der Waals surface area (Å²) in [5, 5.41) is 3.62. The molecule has 2 heteroatoms. The Morgan fingerprint density at radius 2 is 1.80 bits per heavy atom. The maximum Gasteiger partial charge on any atom is 0.122 e. The number of hydrogen-bond acceptors (Lipinski definition) is 2. The Hall–Kier alpha value is -1.02. The Kier molecular flexibility index (Phi) is 9.14. The molecule has 0 aliphatic rings. The molecule has 0 fully saturated rings. The van der Waals surface area contributed by atoms with Crippen LogP contribution in [-0.2, 0) is 6.42 Å². The highest BCUT2D eigenvalue weighted by Gasteiger charge is 2.11. The highest BCUT2D eigenvalue weighted by atomic mass is 16.5. The summed E-state index contributed by atoms with van der Waals surface area (Å²) in [4.78, 5) is 0. The molecule has 0 aliphatic carbocycles. The van der Waals surface area contributed by atoms with Gasteiger partial charge in [-0.15, -0.1) is 0 Å². The van der Waals surface area contributed by atoms with E-state index < -0.39 is 0 Å². The Morgan fingerprint density at radius 3 is 2.50 bits per heavy atom. The number of methoxy groups -OCH3 is 1. The standard InChI is InChI=1S/C18H31NO/c1-4-6-7-8-9-13-17(19-5-2)15-16-12-10-11-14-18(16)20-3/h10-12,14,17,19H,4-9,13,15H2,1-3H3. The largest absolute Gasteiger partial charge is 0.496 e. The normalized spacial score (nSPS) is 12.3. The van der Waals surface area contributed by atoms with Crippen LogP contribution in [0.3, 0.4) is 0 Å². The van der Waals surface area contributed by atoms with E-state index in [1.807, 2.05) is 6.07 Å². The Bertz CT molecular complexity index is 351. The van der Waals surface area contributed by atoms with Crippen molar-refractivity contribution in [3.63, 3.8) is 0 Å². The smallest absolute Gasteiger partial charge is 0.122 e. The van der Waals surface area contributed by atoms with Crippen molar-refractivity contribution in [2.45, 2.75) is 64.8 Å². The molecule has 0 spiro atoms. The van der Waals surface area contributed by atoms with Crippen LogP contribution in [0.25, 0.3) is 0 Å². The third kappa shape index (κ3) is 6.42. The topological polar surface area (TPSA) is 21.3 Å².